The maximum atomic E-state index is 13.6. The van der Waals surface area contributed by atoms with Gasteiger partial charge in [-0.2, -0.15) is 0 Å². The predicted molar refractivity (Wildman–Crippen MR) is 80.4 cm³/mol. The summed E-state index contributed by atoms with van der Waals surface area (Å²) in [6.07, 6.45) is 3.67. The Kier molecular flexibility index (Phi) is 4.43. The minimum Gasteiger partial charge on any atom is -0.339 e. The van der Waals surface area contributed by atoms with Gasteiger partial charge in [0.2, 0.25) is 5.91 Å². The van der Waals surface area contributed by atoms with Crippen molar-refractivity contribution in [3.05, 3.63) is 35.4 Å². The van der Waals surface area contributed by atoms with Gasteiger partial charge in [0.15, 0.2) is 11.6 Å². The van der Waals surface area contributed by atoms with E-state index >= 15 is 0 Å². The topological polar surface area (TPSA) is 23.6 Å². The van der Waals surface area contributed by atoms with Gasteiger partial charge < -0.3 is 4.90 Å². The molecule has 0 aromatic heterocycles. The van der Waals surface area contributed by atoms with Crippen molar-refractivity contribution in [2.75, 3.05) is 19.6 Å². The second-order valence-corrected chi connectivity index (χ2v) is 6.42. The average Bonchev–Trinajstić information content (AvgIpc) is 2.44. The number of piperidine rings is 1. The van der Waals surface area contributed by atoms with Gasteiger partial charge in [-0.1, -0.05) is 18.6 Å². The van der Waals surface area contributed by atoms with Crippen LogP contribution < -0.4 is 0 Å². The molecule has 0 bridgehead atoms. The molecule has 0 saturated carbocycles. The van der Waals surface area contributed by atoms with E-state index in [1.165, 1.54) is 31.4 Å². The van der Waals surface area contributed by atoms with Gasteiger partial charge >= 0.3 is 0 Å². The smallest absolute Gasteiger partial charge is 0.227 e. The molecule has 2 heterocycles. The second-order valence-electron chi connectivity index (χ2n) is 6.42. The normalized spacial score (nSPS) is 23.4. The number of carbonyl (C=O) groups is 1. The number of rotatable bonds is 3. The first-order valence-electron chi connectivity index (χ1n) is 8.02. The van der Waals surface area contributed by atoms with Crippen molar-refractivity contribution in [3.63, 3.8) is 0 Å². The van der Waals surface area contributed by atoms with Crippen molar-refractivity contribution >= 4 is 5.91 Å². The van der Waals surface area contributed by atoms with Gasteiger partial charge in [-0.3, -0.25) is 9.69 Å². The molecule has 0 aliphatic carbocycles. The minimum atomic E-state index is -0.905. The summed E-state index contributed by atoms with van der Waals surface area (Å²) in [7, 11) is 0. The van der Waals surface area contributed by atoms with Crippen molar-refractivity contribution in [2.45, 2.75) is 44.7 Å². The van der Waals surface area contributed by atoms with Gasteiger partial charge in [-0.25, -0.2) is 8.78 Å². The van der Waals surface area contributed by atoms with E-state index in [1.54, 1.807) is 4.90 Å². The first-order valence-corrected chi connectivity index (χ1v) is 8.02. The summed E-state index contributed by atoms with van der Waals surface area (Å²) in [4.78, 5) is 16.4. The fourth-order valence-electron chi connectivity index (χ4n) is 3.49. The molecule has 5 heteroatoms. The Bertz CT molecular complexity index is 558. The van der Waals surface area contributed by atoms with Crippen molar-refractivity contribution in [3.8, 4) is 0 Å². The molecule has 1 unspecified atom stereocenters. The molecule has 1 atom stereocenters. The molecule has 2 aliphatic heterocycles. The number of nitrogens with zero attached hydrogens (tertiary/aromatic N) is 2. The standard InChI is InChI=1S/C17H22F2N2O/c1-12-5-2-3-8-21(12)14-10-20(11-14)16(22)9-13-6-4-7-15(18)17(13)19/h4,6-7,12,14H,2-3,5,8-11H2,1H3. The molecule has 1 amide bonds. The van der Waals surface area contributed by atoms with Crippen LogP contribution in [0.5, 0.6) is 0 Å². The summed E-state index contributed by atoms with van der Waals surface area (Å²) >= 11 is 0. The van der Waals surface area contributed by atoms with E-state index in [2.05, 4.69) is 11.8 Å². The van der Waals surface area contributed by atoms with Crippen molar-refractivity contribution in [1.29, 1.82) is 0 Å². The molecule has 22 heavy (non-hydrogen) atoms. The van der Waals surface area contributed by atoms with E-state index in [4.69, 9.17) is 0 Å². The number of carbonyl (C=O) groups excluding carboxylic acids is 1. The Hall–Kier alpha value is -1.49. The van der Waals surface area contributed by atoms with Crippen LogP contribution in [-0.2, 0) is 11.2 Å². The summed E-state index contributed by atoms with van der Waals surface area (Å²) in [6.45, 7) is 4.76. The van der Waals surface area contributed by atoms with Gasteiger partial charge in [0.1, 0.15) is 0 Å². The van der Waals surface area contributed by atoms with Crippen LogP contribution in [0.15, 0.2) is 18.2 Å². The molecule has 2 fully saturated rings. The SMILES string of the molecule is CC1CCCCN1C1CN(C(=O)Cc2cccc(F)c2F)C1. The number of likely N-dealkylation sites (tertiary alicyclic amines) is 2. The van der Waals surface area contributed by atoms with Crippen molar-refractivity contribution in [1.82, 2.24) is 9.80 Å². The Labute approximate surface area is 129 Å². The van der Waals surface area contributed by atoms with Gasteiger partial charge in [0.05, 0.1) is 6.42 Å². The highest BCUT2D eigenvalue weighted by Crippen LogP contribution is 2.25. The fourth-order valence-corrected chi connectivity index (χ4v) is 3.49. The lowest BCUT2D eigenvalue weighted by Crippen LogP contribution is -2.63. The molecule has 1 aromatic rings. The van der Waals surface area contributed by atoms with Gasteiger partial charge in [0, 0.05) is 30.7 Å². The quantitative estimate of drug-likeness (QED) is 0.857. The van der Waals surface area contributed by atoms with E-state index in [0.29, 0.717) is 25.2 Å². The summed E-state index contributed by atoms with van der Waals surface area (Å²) in [6, 6.07) is 4.99. The van der Waals surface area contributed by atoms with Crippen LogP contribution in [0.25, 0.3) is 0 Å². The molecule has 120 valence electrons. The summed E-state index contributed by atoms with van der Waals surface area (Å²) in [5.74, 6) is -1.92. The van der Waals surface area contributed by atoms with E-state index in [-0.39, 0.29) is 17.9 Å². The van der Waals surface area contributed by atoms with Crippen LogP contribution in [0.3, 0.4) is 0 Å². The van der Waals surface area contributed by atoms with E-state index in [0.717, 1.165) is 12.6 Å². The van der Waals surface area contributed by atoms with E-state index < -0.39 is 11.6 Å². The van der Waals surface area contributed by atoms with Crippen LogP contribution in [0.1, 0.15) is 31.7 Å². The maximum Gasteiger partial charge on any atom is 0.227 e. The Morgan fingerprint density at radius 2 is 2.05 bits per heavy atom. The van der Waals surface area contributed by atoms with Crippen LogP contribution in [0.2, 0.25) is 0 Å². The minimum absolute atomic E-state index is 0.0636. The molecule has 0 radical (unpaired) electrons. The molecular formula is C17H22F2N2O. The lowest BCUT2D eigenvalue weighted by molar-refractivity contribution is -0.139. The fraction of sp³-hybridized carbons (Fsp3) is 0.588. The molecule has 0 spiro atoms. The average molecular weight is 308 g/mol. The zero-order chi connectivity index (χ0) is 15.7. The van der Waals surface area contributed by atoms with Crippen LogP contribution >= 0.6 is 0 Å². The Morgan fingerprint density at radius 3 is 2.77 bits per heavy atom. The third-order valence-corrected chi connectivity index (χ3v) is 4.91. The van der Waals surface area contributed by atoms with Crippen molar-refractivity contribution < 1.29 is 13.6 Å². The predicted octanol–water partition coefficient (Wildman–Crippen LogP) is 2.59. The van der Waals surface area contributed by atoms with E-state index in [1.807, 2.05) is 0 Å². The van der Waals surface area contributed by atoms with Gasteiger partial charge in [-0.15, -0.1) is 0 Å². The summed E-state index contributed by atoms with van der Waals surface area (Å²) < 4.78 is 26.8. The monoisotopic (exact) mass is 308 g/mol. The second kappa shape index (κ2) is 6.32. The third-order valence-electron chi connectivity index (χ3n) is 4.91. The van der Waals surface area contributed by atoms with Gasteiger partial charge in [-0.05, 0) is 32.4 Å². The number of hydrogen-bond acceptors (Lipinski definition) is 2. The zero-order valence-electron chi connectivity index (χ0n) is 12.9. The van der Waals surface area contributed by atoms with Crippen molar-refractivity contribution in [2.24, 2.45) is 0 Å². The van der Waals surface area contributed by atoms with Crippen LogP contribution in [0.4, 0.5) is 8.78 Å². The summed E-state index contributed by atoms with van der Waals surface area (Å²) in [5, 5.41) is 0. The lowest BCUT2D eigenvalue weighted by atomic mass is 9.97. The van der Waals surface area contributed by atoms with E-state index in [9.17, 15) is 13.6 Å². The molecule has 2 saturated heterocycles. The highest BCUT2D eigenvalue weighted by atomic mass is 19.2. The van der Waals surface area contributed by atoms with Crippen LogP contribution in [0, 0.1) is 11.6 Å². The van der Waals surface area contributed by atoms with Crippen LogP contribution in [-0.4, -0.2) is 47.4 Å². The number of hydrogen-bond donors (Lipinski definition) is 0. The lowest BCUT2D eigenvalue weighted by Gasteiger charge is -2.49. The summed E-state index contributed by atoms with van der Waals surface area (Å²) in [5.41, 5.74) is 0.139. The molecule has 1 aromatic carbocycles. The largest absolute Gasteiger partial charge is 0.339 e. The first-order chi connectivity index (χ1) is 10.6. The Balaban J connectivity index is 1.54. The molecule has 3 nitrogen and oxygen atoms in total. The molecule has 0 N–H and O–H groups in total. The highest BCUT2D eigenvalue weighted by molar-refractivity contribution is 5.79. The molecule has 2 aliphatic rings. The third kappa shape index (κ3) is 3.00. The maximum absolute atomic E-state index is 13.6. The Morgan fingerprint density at radius 1 is 1.27 bits per heavy atom. The van der Waals surface area contributed by atoms with Gasteiger partial charge in [0.25, 0.3) is 0 Å². The zero-order valence-corrected chi connectivity index (χ0v) is 12.9. The number of amides is 1. The number of benzene rings is 1. The first kappa shape index (κ1) is 15.4. The highest BCUT2D eigenvalue weighted by Gasteiger charge is 2.37. The molecular weight excluding hydrogens is 286 g/mol. The molecule has 3 rings (SSSR count). The number of halogens is 2.